The number of nitrogens with one attached hydrogen (secondary N) is 2. The Hall–Kier alpha value is -1.57. The maximum atomic E-state index is 12.5. The normalized spacial score (nSPS) is 16.7. The van der Waals surface area contributed by atoms with Gasteiger partial charge in [0.15, 0.2) is 5.96 Å². The lowest BCUT2D eigenvalue weighted by Gasteiger charge is -2.18. The molecule has 0 bridgehead atoms. The molecule has 0 saturated heterocycles. The van der Waals surface area contributed by atoms with Crippen LogP contribution in [0.4, 0.5) is 5.69 Å². The van der Waals surface area contributed by atoms with Gasteiger partial charge in [0.05, 0.1) is 0 Å². The quantitative estimate of drug-likeness (QED) is 0.328. The number of hydrogen-bond donors (Lipinski definition) is 2. The van der Waals surface area contributed by atoms with Gasteiger partial charge < -0.3 is 15.5 Å². The van der Waals surface area contributed by atoms with E-state index in [1.165, 1.54) is 5.56 Å². The molecule has 2 N–H and O–H groups in total. The number of amides is 1. The van der Waals surface area contributed by atoms with Crippen LogP contribution in [-0.2, 0) is 11.2 Å². The van der Waals surface area contributed by atoms with Gasteiger partial charge in [-0.15, -0.1) is 24.0 Å². The molecule has 1 heterocycles. The summed E-state index contributed by atoms with van der Waals surface area (Å²) in [6.07, 6.45) is 7.30. The Bertz CT molecular complexity index is 621. The minimum atomic E-state index is 0. The van der Waals surface area contributed by atoms with E-state index in [9.17, 15) is 4.79 Å². The van der Waals surface area contributed by atoms with Crippen molar-refractivity contribution in [2.24, 2.45) is 4.99 Å². The van der Waals surface area contributed by atoms with Gasteiger partial charge in [0.2, 0.25) is 5.91 Å². The number of aliphatic imine (C=N–C) groups is 1. The van der Waals surface area contributed by atoms with Crippen molar-refractivity contribution < 1.29 is 4.79 Å². The molecule has 0 aromatic heterocycles. The first-order chi connectivity index (χ1) is 11.3. The Morgan fingerprint density at radius 2 is 2.04 bits per heavy atom. The molecule has 24 heavy (non-hydrogen) atoms. The fourth-order valence-corrected chi connectivity index (χ4v) is 3.08. The predicted octanol–water partition coefficient (Wildman–Crippen LogP) is 2.47. The Morgan fingerprint density at radius 1 is 1.29 bits per heavy atom. The van der Waals surface area contributed by atoms with Crippen LogP contribution in [0.15, 0.2) is 41.4 Å². The monoisotopic (exact) mass is 440 g/mol. The minimum Gasteiger partial charge on any atom is -0.357 e. The summed E-state index contributed by atoms with van der Waals surface area (Å²) in [6, 6.07) is 8.48. The SMILES string of the molecule is CCNC(=NCC(=O)N1CCc2ccccc21)NC1CC=CC1.I. The van der Waals surface area contributed by atoms with Crippen molar-refractivity contribution in [3.8, 4) is 0 Å². The predicted molar refractivity (Wildman–Crippen MR) is 109 cm³/mol. The van der Waals surface area contributed by atoms with Gasteiger partial charge in [-0.05, 0) is 37.8 Å². The van der Waals surface area contributed by atoms with E-state index >= 15 is 0 Å². The van der Waals surface area contributed by atoms with Crippen LogP contribution in [0.5, 0.6) is 0 Å². The van der Waals surface area contributed by atoms with Gasteiger partial charge in [-0.2, -0.15) is 0 Å². The first kappa shape index (κ1) is 18.8. The molecule has 6 heteroatoms. The molecule has 3 rings (SSSR count). The highest BCUT2D eigenvalue weighted by Gasteiger charge is 2.23. The number of hydrogen-bond acceptors (Lipinski definition) is 2. The maximum Gasteiger partial charge on any atom is 0.248 e. The largest absolute Gasteiger partial charge is 0.357 e. The molecule has 130 valence electrons. The molecule has 0 spiro atoms. The van der Waals surface area contributed by atoms with E-state index in [4.69, 9.17) is 0 Å². The van der Waals surface area contributed by atoms with Gasteiger partial charge in [0.1, 0.15) is 6.54 Å². The third-order valence-corrected chi connectivity index (χ3v) is 4.25. The first-order valence-electron chi connectivity index (χ1n) is 8.36. The zero-order valence-electron chi connectivity index (χ0n) is 14.0. The molecule has 0 unspecified atom stereocenters. The summed E-state index contributed by atoms with van der Waals surface area (Å²) in [5.41, 5.74) is 2.28. The molecule has 0 fully saturated rings. The zero-order chi connectivity index (χ0) is 16.1. The van der Waals surface area contributed by atoms with Crippen LogP contribution in [0, 0.1) is 0 Å². The fourth-order valence-electron chi connectivity index (χ4n) is 3.08. The van der Waals surface area contributed by atoms with Gasteiger partial charge in [-0.3, -0.25) is 4.79 Å². The molecule has 0 radical (unpaired) electrons. The lowest BCUT2D eigenvalue weighted by molar-refractivity contribution is -0.117. The Balaban J connectivity index is 0.00000208. The van der Waals surface area contributed by atoms with Crippen molar-refractivity contribution in [3.05, 3.63) is 42.0 Å². The van der Waals surface area contributed by atoms with Crippen molar-refractivity contribution in [3.63, 3.8) is 0 Å². The van der Waals surface area contributed by atoms with Crippen LogP contribution >= 0.6 is 24.0 Å². The molecule has 5 nitrogen and oxygen atoms in total. The standard InChI is InChI=1S/C18H24N4O.HI/c1-2-19-18(21-15-8-4-5-9-15)20-13-17(23)22-12-11-14-7-3-6-10-16(14)22;/h3-7,10,15H,2,8-9,11-13H2,1H3,(H2,19,20,21);1H. The summed E-state index contributed by atoms with van der Waals surface area (Å²) in [6.45, 7) is 3.74. The number of anilines is 1. The van der Waals surface area contributed by atoms with Crippen molar-refractivity contribution in [2.45, 2.75) is 32.2 Å². The number of para-hydroxylation sites is 1. The molecule has 1 aromatic carbocycles. The highest BCUT2D eigenvalue weighted by atomic mass is 127. The van der Waals surface area contributed by atoms with E-state index in [1.54, 1.807) is 0 Å². The topological polar surface area (TPSA) is 56.7 Å². The molecule has 1 amide bonds. The third-order valence-electron chi connectivity index (χ3n) is 4.25. The first-order valence-corrected chi connectivity index (χ1v) is 8.36. The Labute approximate surface area is 160 Å². The van der Waals surface area contributed by atoms with Gasteiger partial charge in [0.25, 0.3) is 0 Å². The number of benzene rings is 1. The molecular weight excluding hydrogens is 415 g/mol. The molecule has 2 aliphatic rings. The van der Waals surface area contributed by atoms with E-state index < -0.39 is 0 Å². The van der Waals surface area contributed by atoms with E-state index in [1.807, 2.05) is 30.0 Å². The van der Waals surface area contributed by atoms with Crippen molar-refractivity contribution >= 4 is 41.5 Å². The van der Waals surface area contributed by atoms with Gasteiger partial charge >= 0.3 is 0 Å². The number of guanidine groups is 1. The molecule has 1 aliphatic carbocycles. The average Bonchev–Trinajstić information content (AvgIpc) is 3.22. The van der Waals surface area contributed by atoms with E-state index in [0.29, 0.717) is 6.04 Å². The molecule has 0 saturated carbocycles. The zero-order valence-corrected chi connectivity index (χ0v) is 16.3. The van der Waals surface area contributed by atoms with E-state index in [-0.39, 0.29) is 36.4 Å². The third kappa shape index (κ3) is 4.49. The molecule has 1 aromatic rings. The van der Waals surface area contributed by atoms with Crippen molar-refractivity contribution in [1.82, 2.24) is 10.6 Å². The van der Waals surface area contributed by atoms with Crippen LogP contribution in [0.1, 0.15) is 25.3 Å². The minimum absolute atomic E-state index is 0. The number of halogens is 1. The number of nitrogens with zero attached hydrogens (tertiary/aromatic N) is 2. The second-order valence-electron chi connectivity index (χ2n) is 5.90. The van der Waals surface area contributed by atoms with Crippen LogP contribution in [0.25, 0.3) is 0 Å². The second-order valence-corrected chi connectivity index (χ2v) is 5.90. The lowest BCUT2D eigenvalue weighted by atomic mass is 10.2. The Morgan fingerprint density at radius 3 is 2.79 bits per heavy atom. The van der Waals surface area contributed by atoms with Crippen LogP contribution in [0.2, 0.25) is 0 Å². The summed E-state index contributed by atoms with van der Waals surface area (Å²) in [5.74, 6) is 0.777. The second kappa shape index (κ2) is 9.05. The fraction of sp³-hybridized carbons (Fsp3) is 0.444. The maximum absolute atomic E-state index is 12.5. The van der Waals surface area contributed by atoms with E-state index in [0.717, 1.165) is 44.0 Å². The van der Waals surface area contributed by atoms with E-state index in [2.05, 4.69) is 33.8 Å². The Kier molecular flexibility index (Phi) is 7.08. The lowest BCUT2D eigenvalue weighted by Crippen LogP contribution is -2.43. The van der Waals surface area contributed by atoms with Gasteiger partial charge in [0, 0.05) is 24.8 Å². The summed E-state index contributed by atoms with van der Waals surface area (Å²) in [5, 5.41) is 6.60. The van der Waals surface area contributed by atoms with Gasteiger partial charge in [-0.1, -0.05) is 30.4 Å². The summed E-state index contributed by atoms with van der Waals surface area (Å²) in [7, 11) is 0. The van der Waals surface area contributed by atoms with Gasteiger partial charge in [-0.25, -0.2) is 4.99 Å². The summed E-state index contributed by atoms with van der Waals surface area (Å²) in [4.78, 5) is 18.8. The molecular formula is C18H25IN4O. The number of carbonyl (C=O) groups is 1. The smallest absolute Gasteiger partial charge is 0.248 e. The average molecular weight is 440 g/mol. The molecule has 0 atom stereocenters. The van der Waals surface area contributed by atoms with Crippen molar-refractivity contribution in [2.75, 3.05) is 24.5 Å². The highest BCUT2D eigenvalue weighted by molar-refractivity contribution is 14.0. The number of carbonyl (C=O) groups excluding carboxylic acids is 1. The molecule has 1 aliphatic heterocycles. The highest BCUT2D eigenvalue weighted by Crippen LogP contribution is 2.27. The van der Waals surface area contributed by atoms with Crippen LogP contribution < -0.4 is 15.5 Å². The van der Waals surface area contributed by atoms with Crippen LogP contribution in [0.3, 0.4) is 0 Å². The summed E-state index contributed by atoms with van der Waals surface area (Å²) < 4.78 is 0. The number of fused-ring (bicyclic) bond motifs is 1. The summed E-state index contributed by atoms with van der Waals surface area (Å²) >= 11 is 0. The van der Waals surface area contributed by atoms with Crippen molar-refractivity contribution in [1.29, 1.82) is 0 Å². The van der Waals surface area contributed by atoms with Crippen LogP contribution in [-0.4, -0.2) is 37.5 Å². The number of rotatable bonds is 4.